The van der Waals surface area contributed by atoms with E-state index in [1.54, 1.807) is 12.1 Å². The molecule has 0 amide bonds. The van der Waals surface area contributed by atoms with E-state index >= 15 is 4.39 Å². The average Bonchev–Trinajstić information content (AvgIpc) is 3.30. The molecule has 7 nitrogen and oxygen atoms in total. The largest absolute Gasteiger partial charge is 0.457 e. The summed E-state index contributed by atoms with van der Waals surface area (Å²) in [5.41, 5.74) is 8.31. The number of ether oxygens (including phenoxy) is 1. The maximum absolute atomic E-state index is 15.5. The minimum atomic E-state index is -0.365. The number of nitrogens with two attached hydrogens (primary N) is 1. The molecule has 0 unspecified atom stereocenters. The topological polar surface area (TPSA) is 69.2 Å². The van der Waals surface area contributed by atoms with Crippen LogP contribution in [0.15, 0.2) is 61.1 Å². The van der Waals surface area contributed by atoms with E-state index in [1.807, 2.05) is 36.5 Å². The van der Waals surface area contributed by atoms with Crippen LogP contribution >= 0.6 is 0 Å². The highest BCUT2D eigenvalue weighted by atomic mass is 19.1. The number of nitrogen functional groups attached to an aromatic ring is 1. The number of likely N-dealkylation sites (N-methyl/N-ethyl adjacent to an activating group) is 1. The first kappa shape index (κ1) is 24.8. The molecule has 0 bridgehead atoms. The Bertz CT molecular complexity index is 1420. The minimum absolute atomic E-state index is 0.303. The van der Waals surface area contributed by atoms with Gasteiger partial charge < -0.3 is 19.5 Å². The summed E-state index contributed by atoms with van der Waals surface area (Å²) in [4.78, 5) is 11.5. The molecule has 0 spiro atoms. The van der Waals surface area contributed by atoms with Crippen molar-refractivity contribution in [1.29, 1.82) is 0 Å². The zero-order valence-electron chi connectivity index (χ0n) is 22.2. The van der Waals surface area contributed by atoms with Crippen LogP contribution in [0.2, 0.25) is 0 Å². The van der Waals surface area contributed by atoms with E-state index < -0.39 is 0 Å². The third-order valence-electron chi connectivity index (χ3n) is 8.41. The van der Waals surface area contributed by atoms with Gasteiger partial charge in [-0.15, -0.1) is 0 Å². The van der Waals surface area contributed by atoms with Crippen molar-refractivity contribution < 1.29 is 13.6 Å². The summed E-state index contributed by atoms with van der Waals surface area (Å²) in [6, 6.07) is 15.3. The Morgan fingerprint density at radius 1 is 0.895 bits per heavy atom. The van der Waals surface area contributed by atoms with Gasteiger partial charge >= 0.3 is 0 Å². The monoisotopic (exact) mass is 515 g/mol. The molecule has 8 heteroatoms. The summed E-state index contributed by atoms with van der Waals surface area (Å²) < 4.78 is 24.6. The van der Waals surface area contributed by atoms with Gasteiger partial charge in [-0.05, 0) is 49.9 Å². The first-order chi connectivity index (χ1) is 18.4. The van der Waals surface area contributed by atoms with E-state index in [-0.39, 0.29) is 5.82 Å². The van der Waals surface area contributed by atoms with Crippen molar-refractivity contribution in [2.45, 2.75) is 37.8 Å². The first-order valence-corrected chi connectivity index (χ1v) is 13.6. The molecular weight excluding hydrogens is 479 g/mol. The fraction of sp³-hybridized carbons (Fsp3) is 0.400. The number of quaternary nitrogens is 1. The van der Waals surface area contributed by atoms with Crippen LogP contribution in [0.25, 0.3) is 22.2 Å². The lowest BCUT2D eigenvalue weighted by atomic mass is 9.89. The molecule has 198 valence electrons. The van der Waals surface area contributed by atoms with Gasteiger partial charge in [0.15, 0.2) is 0 Å². The lowest BCUT2D eigenvalue weighted by Gasteiger charge is -2.44. The van der Waals surface area contributed by atoms with E-state index in [2.05, 4.69) is 33.5 Å². The summed E-state index contributed by atoms with van der Waals surface area (Å²) in [7, 11) is 4.65. The van der Waals surface area contributed by atoms with Gasteiger partial charge in [-0.1, -0.05) is 18.2 Å². The van der Waals surface area contributed by atoms with E-state index in [4.69, 9.17) is 10.5 Å². The SMILES string of the molecule is C[N+]1(C)CCN([C@H]2CC[C@H](n3cc(-c4ccc(Oc5ccccc5)cc4F)c4c(N)ncnc43)CC2)CC1. The third kappa shape index (κ3) is 4.86. The number of hydrogen-bond donors (Lipinski definition) is 1. The van der Waals surface area contributed by atoms with Crippen molar-refractivity contribution in [3.05, 3.63) is 66.9 Å². The first-order valence-electron chi connectivity index (χ1n) is 13.6. The number of rotatable bonds is 5. The van der Waals surface area contributed by atoms with Gasteiger partial charge in [0.25, 0.3) is 0 Å². The fourth-order valence-corrected chi connectivity index (χ4v) is 6.08. The Balaban J connectivity index is 1.25. The molecule has 38 heavy (non-hydrogen) atoms. The van der Waals surface area contributed by atoms with Crippen molar-refractivity contribution in [2.75, 3.05) is 46.0 Å². The minimum Gasteiger partial charge on any atom is -0.457 e. The highest BCUT2D eigenvalue weighted by Crippen LogP contribution is 2.40. The van der Waals surface area contributed by atoms with Crippen molar-refractivity contribution in [3.8, 4) is 22.6 Å². The van der Waals surface area contributed by atoms with Crippen molar-refractivity contribution in [3.63, 3.8) is 0 Å². The molecule has 2 aromatic carbocycles. The van der Waals surface area contributed by atoms with Crippen LogP contribution in [0.5, 0.6) is 11.5 Å². The molecule has 2 fully saturated rings. The van der Waals surface area contributed by atoms with Crippen LogP contribution in [0.3, 0.4) is 0 Å². The molecule has 1 saturated carbocycles. The molecule has 1 saturated heterocycles. The Morgan fingerprint density at radius 3 is 2.32 bits per heavy atom. The lowest BCUT2D eigenvalue weighted by molar-refractivity contribution is -0.894. The third-order valence-corrected chi connectivity index (χ3v) is 8.41. The highest BCUT2D eigenvalue weighted by molar-refractivity contribution is 6.00. The Morgan fingerprint density at radius 2 is 1.61 bits per heavy atom. The number of halogens is 1. The van der Waals surface area contributed by atoms with Gasteiger partial charge in [0, 0.05) is 48.6 Å². The predicted octanol–water partition coefficient (Wildman–Crippen LogP) is 5.49. The Hall–Kier alpha value is -3.49. The van der Waals surface area contributed by atoms with Gasteiger partial charge in [0.2, 0.25) is 0 Å². The van der Waals surface area contributed by atoms with Crippen LogP contribution in [0.4, 0.5) is 10.2 Å². The van der Waals surface area contributed by atoms with Crippen molar-refractivity contribution in [2.24, 2.45) is 0 Å². The molecule has 0 radical (unpaired) electrons. The highest BCUT2D eigenvalue weighted by Gasteiger charge is 2.33. The summed E-state index contributed by atoms with van der Waals surface area (Å²) in [6.45, 7) is 4.77. The fourth-order valence-electron chi connectivity index (χ4n) is 6.08. The van der Waals surface area contributed by atoms with Gasteiger partial charge in [-0.3, -0.25) is 4.90 Å². The van der Waals surface area contributed by atoms with E-state index in [0.29, 0.717) is 40.4 Å². The molecule has 2 aromatic heterocycles. The predicted molar refractivity (Wildman–Crippen MR) is 149 cm³/mol. The second-order valence-corrected chi connectivity index (χ2v) is 11.3. The van der Waals surface area contributed by atoms with E-state index in [1.165, 1.54) is 38.6 Å². The Kier molecular flexibility index (Phi) is 6.53. The number of anilines is 1. The lowest BCUT2D eigenvalue weighted by Crippen LogP contribution is -2.57. The molecule has 1 aliphatic carbocycles. The second-order valence-electron chi connectivity index (χ2n) is 11.3. The molecule has 0 atom stereocenters. The average molecular weight is 516 g/mol. The number of piperazine rings is 1. The Labute approximate surface area is 223 Å². The summed E-state index contributed by atoms with van der Waals surface area (Å²) in [6.07, 6.45) is 7.99. The zero-order valence-corrected chi connectivity index (χ0v) is 22.2. The van der Waals surface area contributed by atoms with E-state index in [9.17, 15) is 0 Å². The molecular formula is C30H36FN6O+. The van der Waals surface area contributed by atoms with Gasteiger partial charge in [0.1, 0.15) is 35.1 Å². The molecule has 2 aliphatic rings. The number of para-hydroxylation sites is 1. The van der Waals surface area contributed by atoms with Crippen molar-refractivity contribution in [1.82, 2.24) is 19.4 Å². The maximum atomic E-state index is 15.5. The van der Waals surface area contributed by atoms with Crippen LogP contribution in [-0.2, 0) is 0 Å². The smallest absolute Gasteiger partial charge is 0.146 e. The number of nitrogens with zero attached hydrogens (tertiary/aromatic N) is 5. The number of benzene rings is 2. The molecule has 4 aromatic rings. The van der Waals surface area contributed by atoms with Gasteiger partial charge in [0.05, 0.1) is 32.6 Å². The normalized spacial score (nSPS) is 22.0. The molecule has 1 aliphatic heterocycles. The van der Waals surface area contributed by atoms with Crippen molar-refractivity contribution >= 4 is 16.9 Å². The standard InChI is InChI=1S/C30H36FN6O/c1-37(2)16-14-35(15-17-37)21-8-10-22(11-9-21)36-19-26(28-29(32)33-20-34-30(28)36)25-13-12-24(18-27(25)31)38-23-6-4-3-5-7-23/h3-7,12-13,18-22H,8-11,14-17H2,1-2H3,(H2,32,33,34)/q+1/t21-,22-. The number of aromatic nitrogens is 3. The van der Waals surface area contributed by atoms with E-state index in [0.717, 1.165) is 41.4 Å². The van der Waals surface area contributed by atoms with Gasteiger partial charge in [-0.2, -0.15) is 0 Å². The van der Waals surface area contributed by atoms with Crippen LogP contribution in [-0.4, -0.2) is 70.2 Å². The summed E-state index contributed by atoms with van der Waals surface area (Å²) in [5, 5.41) is 0.710. The van der Waals surface area contributed by atoms with Gasteiger partial charge in [-0.25, -0.2) is 14.4 Å². The van der Waals surface area contributed by atoms with Crippen LogP contribution < -0.4 is 10.5 Å². The molecule has 3 heterocycles. The number of hydrogen-bond acceptors (Lipinski definition) is 5. The zero-order chi connectivity index (χ0) is 26.3. The maximum Gasteiger partial charge on any atom is 0.146 e. The summed E-state index contributed by atoms with van der Waals surface area (Å²) in [5.74, 6) is 1.12. The molecule has 2 N–H and O–H groups in total. The second kappa shape index (κ2) is 10.0. The molecule has 6 rings (SSSR count). The van der Waals surface area contributed by atoms with Crippen LogP contribution in [0, 0.1) is 5.82 Å². The quantitative estimate of drug-likeness (QED) is 0.356. The summed E-state index contributed by atoms with van der Waals surface area (Å²) >= 11 is 0. The van der Waals surface area contributed by atoms with Crippen LogP contribution in [0.1, 0.15) is 31.7 Å². The number of fused-ring (bicyclic) bond motifs is 1.